The van der Waals surface area contributed by atoms with Crippen molar-refractivity contribution in [3.8, 4) is 16.9 Å². The Morgan fingerprint density at radius 2 is 1.67 bits per heavy atom. The van der Waals surface area contributed by atoms with Crippen molar-refractivity contribution in [2.45, 2.75) is 12.4 Å². The fourth-order valence-electron chi connectivity index (χ4n) is 3.56. The summed E-state index contributed by atoms with van der Waals surface area (Å²) >= 11 is 5.95. The lowest BCUT2D eigenvalue weighted by Gasteiger charge is -2.27. The summed E-state index contributed by atoms with van der Waals surface area (Å²) in [4.78, 5) is 14.2. The SMILES string of the molecule is O=C1NC(=S)SC1=Cc1ccc(OCN2CCOCC2)c(-c2cc(C(F)(F)F)cc(C(F)(F)F)c2)c1. The summed E-state index contributed by atoms with van der Waals surface area (Å²) in [5.41, 5.74) is -2.82. The third-order valence-electron chi connectivity index (χ3n) is 5.35. The maximum Gasteiger partial charge on any atom is 0.416 e. The van der Waals surface area contributed by atoms with Crippen molar-refractivity contribution in [1.82, 2.24) is 10.2 Å². The van der Waals surface area contributed by atoms with Gasteiger partial charge in [-0.25, -0.2) is 0 Å². The number of hydrogen-bond donors (Lipinski definition) is 1. The highest BCUT2D eigenvalue weighted by Crippen LogP contribution is 2.41. The number of ether oxygens (including phenoxy) is 2. The second-order valence-electron chi connectivity index (χ2n) is 7.91. The molecule has 0 aromatic heterocycles. The molecule has 2 aliphatic rings. The Labute approximate surface area is 211 Å². The number of benzene rings is 2. The minimum Gasteiger partial charge on any atom is -0.477 e. The van der Waals surface area contributed by atoms with Crippen LogP contribution >= 0.6 is 24.0 Å². The number of nitrogens with zero attached hydrogens (tertiary/aromatic N) is 1. The molecule has 1 amide bonds. The van der Waals surface area contributed by atoms with Crippen molar-refractivity contribution >= 4 is 40.3 Å². The predicted molar refractivity (Wildman–Crippen MR) is 126 cm³/mol. The first-order valence-corrected chi connectivity index (χ1v) is 11.7. The van der Waals surface area contributed by atoms with Crippen LogP contribution in [-0.2, 0) is 21.9 Å². The number of nitrogens with one attached hydrogen (secondary N) is 1. The second kappa shape index (κ2) is 10.4. The van der Waals surface area contributed by atoms with E-state index < -0.39 is 29.4 Å². The maximum absolute atomic E-state index is 13.5. The Hall–Kier alpha value is -2.61. The zero-order valence-corrected chi connectivity index (χ0v) is 20.0. The van der Waals surface area contributed by atoms with Crippen LogP contribution in [0.2, 0.25) is 0 Å². The van der Waals surface area contributed by atoms with Gasteiger partial charge in [-0.2, -0.15) is 26.3 Å². The summed E-state index contributed by atoms with van der Waals surface area (Å²) in [6.45, 7) is 2.15. The average Bonchev–Trinajstić information content (AvgIpc) is 3.13. The van der Waals surface area contributed by atoms with Crippen LogP contribution in [0.25, 0.3) is 17.2 Å². The Morgan fingerprint density at radius 3 is 2.22 bits per heavy atom. The number of amides is 1. The molecule has 2 aliphatic heterocycles. The molecule has 0 spiro atoms. The van der Waals surface area contributed by atoms with Gasteiger partial charge in [-0.15, -0.1) is 0 Å². The highest BCUT2D eigenvalue weighted by Gasteiger charge is 2.37. The van der Waals surface area contributed by atoms with Crippen LogP contribution in [-0.4, -0.2) is 48.2 Å². The van der Waals surface area contributed by atoms with E-state index in [4.69, 9.17) is 21.7 Å². The lowest BCUT2D eigenvalue weighted by Crippen LogP contribution is -2.38. The highest BCUT2D eigenvalue weighted by atomic mass is 32.2. The van der Waals surface area contributed by atoms with Crippen LogP contribution in [0.1, 0.15) is 16.7 Å². The van der Waals surface area contributed by atoms with Crippen molar-refractivity contribution in [3.05, 3.63) is 58.0 Å². The van der Waals surface area contributed by atoms with Crippen LogP contribution in [0, 0.1) is 0 Å². The van der Waals surface area contributed by atoms with E-state index in [1.165, 1.54) is 18.2 Å². The number of morpholine rings is 1. The van der Waals surface area contributed by atoms with E-state index >= 15 is 0 Å². The Balaban J connectivity index is 1.79. The normalized spacial score (nSPS) is 18.6. The van der Waals surface area contributed by atoms with Gasteiger partial charge in [-0.3, -0.25) is 9.69 Å². The van der Waals surface area contributed by atoms with Crippen LogP contribution < -0.4 is 10.1 Å². The van der Waals surface area contributed by atoms with Crippen molar-refractivity contribution in [3.63, 3.8) is 0 Å². The highest BCUT2D eigenvalue weighted by molar-refractivity contribution is 8.26. The molecule has 2 aromatic carbocycles. The molecular formula is C23H18F6N2O3S2. The molecule has 2 fully saturated rings. The standard InChI is InChI=1S/C23H18F6N2O3S2/c24-22(25,26)15-9-14(10-16(11-15)23(27,28)29)17-7-13(8-19-20(32)30-21(35)36-19)1-2-18(17)34-12-31-3-5-33-6-4-31/h1-2,7-11H,3-6,12H2,(H,30,32,35). The molecular weight excluding hydrogens is 530 g/mol. The van der Waals surface area contributed by atoms with Gasteiger partial charge >= 0.3 is 12.4 Å². The lowest BCUT2D eigenvalue weighted by atomic mass is 9.96. The fourth-order valence-corrected chi connectivity index (χ4v) is 4.61. The first-order valence-electron chi connectivity index (χ1n) is 10.5. The summed E-state index contributed by atoms with van der Waals surface area (Å²) < 4.78 is 92.3. The van der Waals surface area contributed by atoms with E-state index in [2.05, 4.69) is 5.32 Å². The van der Waals surface area contributed by atoms with Gasteiger partial charge < -0.3 is 14.8 Å². The Bertz CT molecular complexity index is 1180. The third-order valence-corrected chi connectivity index (χ3v) is 6.51. The monoisotopic (exact) mass is 548 g/mol. The molecule has 0 saturated carbocycles. The Morgan fingerprint density at radius 1 is 1.03 bits per heavy atom. The van der Waals surface area contributed by atoms with E-state index in [0.717, 1.165) is 11.8 Å². The molecule has 4 rings (SSSR count). The molecule has 13 heteroatoms. The molecule has 0 atom stereocenters. The minimum absolute atomic E-state index is 0.0141. The van der Waals surface area contributed by atoms with Crippen LogP contribution in [0.4, 0.5) is 26.3 Å². The van der Waals surface area contributed by atoms with Gasteiger partial charge in [-0.1, -0.05) is 30.0 Å². The van der Waals surface area contributed by atoms with Gasteiger partial charge in [0, 0.05) is 18.7 Å². The third kappa shape index (κ3) is 6.38. The number of alkyl halides is 6. The molecule has 0 aliphatic carbocycles. The summed E-state index contributed by atoms with van der Waals surface area (Å²) in [6.07, 6.45) is -8.55. The molecule has 36 heavy (non-hydrogen) atoms. The molecule has 1 N–H and O–H groups in total. The molecule has 5 nitrogen and oxygen atoms in total. The quantitative estimate of drug-likeness (QED) is 0.301. The van der Waals surface area contributed by atoms with Crippen molar-refractivity contribution in [2.75, 3.05) is 33.0 Å². The lowest BCUT2D eigenvalue weighted by molar-refractivity contribution is -0.143. The number of carbonyl (C=O) groups excluding carboxylic acids is 1. The van der Waals surface area contributed by atoms with Crippen LogP contribution in [0.3, 0.4) is 0 Å². The smallest absolute Gasteiger partial charge is 0.416 e. The van der Waals surface area contributed by atoms with E-state index in [1.807, 2.05) is 4.90 Å². The van der Waals surface area contributed by atoms with Crippen LogP contribution in [0.15, 0.2) is 41.3 Å². The zero-order chi connectivity index (χ0) is 26.1. The van der Waals surface area contributed by atoms with E-state index in [9.17, 15) is 31.1 Å². The molecule has 192 valence electrons. The zero-order valence-electron chi connectivity index (χ0n) is 18.3. The van der Waals surface area contributed by atoms with E-state index in [0.29, 0.717) is 44.0 Å². The number of thioether (sulfide) groups is 1. The first-order chi connectivity index (χ1) is 16.9. The van der Waals surface area contributed by atoms with Crippen molar-refractivity contribution in [1.29, 1.82) is 0 Å². The van der Waals surface area contributed by atoms with Gasteiger partial charge in [0.25, 0.3) is 5.91 Å². The van der Waals surface area contributed by atoms with Gasteiger partial charge in [-0.05, 0) is 47.5 Å². The topological polar surface area (TPSA) is 50.8 Å². The summed E-state index contributed by atoms with van der Waals surface area (Å²) in [7, 11) is 0. The van der Waals surface area contributed by atoms with Gasteiger partial charge in [0.15, 0.2) is 0 Å². The number of halogens is 6. The number of carbonyl (C=O) groups is 1. The fraction of sp³-hybridized carbons (Fsp3) is 0.304. The van der Waals surface area contributed by atoms with Crippen molar-refractivity contribution < 1.29 is 40.6 Å². The molecule has 0 radical (unpaired) electrons. The van der Waals surface area contributed by atoms with Gasteiger partial charge in [0.05, 0.1) is 29.2 Å². The summed E-state index contributed by atoms with van der Waals surface area (Å²) in [6, 6.07) is 5.76. The minimum atomic E-state index is -5.00. The van der Waals surface area contributed by atoms with E-state index in [-0.39, 0.29) is 38.9 Å². The molecule has 0 unspecified atom stereocenters. The molecule has 2 saturated heterocycles. The average molecular weight is 549 g/mol. The Kier molecular flexibility index (Phi) is 7.64. The van der Waals surface area contributed by atoms with Crippen molar-refractivity contribution in [2.24, 2.45) is 0 Å². The molecule has 2 aromatic rings. The van der Waals surface area contributed by atoms with Crippen LogP contribution in [0.5, 0.6) is 5.75 Å². The molecule has 2 heterocycles. The predicted octanol–water partition coefficient (Wildman–Crippen LogP) is 5.55. The molecule has 0 bridgehead atoms. The van der Waals surface area contributed by atoms with Gasteiger partial charge in [0.1, 0.15) is 16.8 Å². The number of hydrogen-bond acceptors (Lipinski definition) is 6. The number of rotatable bonds is 5. The largest absolute Gasteiger partial charge is 0.477 e. The maximum atomic E-state index is 13.5. The van der Waals surface area contributed by atoms with Gasteiger partial charge in [0.2, 0.25) is 0 Å². The summed E-state index contributed by atoms with van der Waals surface area (Å²) in [5, 5.41) is 2.45. The summed E-state index contributed by atoms with van der Waals surface area (Å²) in [5.74, 6) is -0.354. The number of thiocarbonyl (C=S) groups is 1. The van der Waals surface area contributed by atoms with E-state index in [1.54, 1.807) is 6.07 Å². The first kappa shape index (κ1) is 26.5. The second-order valence-corrected chi connectivity index (χ2v) is 9.63.